The minimum atomic E-state index is -0.753. The van der Waals surface area contributed by atoms with Crippen molar-refractivity contribution in [2.75, 3.05) is 18.5 Å². The van der Waals surface area contributed by atoms with Crippen molar-refractivity contribution < 1.29 is 14.1 Å². The first-order chi connectivity index (χ1) is 14.9. The summed E-state index contributed by atoms with van der Waals surface area (Å²) in [6.45, 7) is 1.38. The van der Waals surface area contributed by atoms with Gasteiger partial charge in [-0.2, -0.15) is 0 Å². The van der Waals surface area contributed by atoms with Gasteiger partial charge in [0.05, 0.1) is 39.4 Å². The Kier molecular flexibility index (Phi) is 4.89. The number of nitrogens with one attached hydrogen (secondary N) is 1. The van der Waals surface area contributed by atoms with Gasteiger partial charge in [0.15, 0.2) is 5.82 Å². The summed E-state index contributed by atoms with van der Waals surface area (Å²) in [5.41, 5.74) is 0.568. The standard InChI is InChI=1S/C21H13Cl2FN4O3/c22-15-3-4-16(20(24)19(15)23)27-21-12-6-18(28(29)30)10(5-17(12)25-9-26-21)1-2-11-13-7-31-8-14(11)13/h3-6,9,11,13-14H,7-8H2,(H,25,26,27). The number of rotatable bonds is 3. The van der Waals surface area contributed by atoms with Crippen LogP contribution in [0, 0.1) is 45.5 Å². The normalized spacial score (nSPS) is 21.3. The van der Waals surface area contributed by atoms with E-state index >= 15 is 0 Å². The molecule has 0 spiro atoms. The highest BCUT2D eigenvalue weighted by Gasteiger charge is 2.53. The molecule has 1 N–H and O–H groups in total. The number of nitro benzene ring substituents is 1. The number of halogens is 3. The zero-order valence-electron chi connectivity index (χ0n) is 15.7. The van der Waals surface area contributed by atoms with E-state index in [1.165, 1.54) is 24.5 Å². The van der Waals surface area contributed by atoms with Crippen molar-refractivity contribution in [3.05, 3.63) is 62.1 Å². The van der Waals surface area contributed by atoms with Crippen molar-refractivity contribution in [3.8, 4) is 11.8 Å². The fourth-order valence-electron chi connectivity index (χ4n) is 3.81. The van der Waals surface area contributed by atoms with Crippen molar-refractivity contribution in [1.29, 1.82) is 0 Å². The minimum absolute atomic E-state index is 0.0309. The number of aromatic nitrogens is 2. The Hall–Kier alpha value is -2.99. The van der Waals surface area contributed by atoms with Crippen LogP contribution >= 0.6 is 23.2 Å². The Labute approximate surface area is 185 Å². The van der Waals surface area contributed by atoms with E-state index in [-0.39, 0.29) is 38.7 Å². The fourth-order valence-corrected chi connectivity index (χ4v) is 4.12. The number of ether oxygens (including phenoxy) is 1. The number of nitro groups is 1. The van der Waals surface area contributed by atoms with Crippen molar-refractivity contribution in [3.63, 3.8) is 0 Å². The first-order valence-corrected chi connectivity index (χ1v) is 10.1. The second-order valence-electron chi connectivity index (χ2n) is 7.37. The van der Waals surface area contributed by atoms with E-state index in [9.17, 15) is 14.5 Å². The molecule has 7 nitrogen and oxygen atoms in total. The monoisotopic (exact) mass is 458 g/mol. The molecule has 5 rings (SSSR count). The Morgan fingerprint density at radius 2 is 2.00 bits per heavy atom. The fraction of sp³-hybridized carbons (Fsp3) is 0.238. The summed E-state index contributed by atoms with van der Waals surface area (Å²) in [5, 5.41) is 14.7. The third-order valence-electron chi connectivity index (χ3n) is 5.56. The molecule has 2 aliphatic rings. The third-order valence-corrected chi connectivity index (χ3v) is 6.34. The predicted molar refractivity (Wildman–Crippen MR) is 114 cm³/mol. The highest BCUT2D eigenvalue weighted by atomic mass is 35.5. The van der Waals surface area contributed by atoms with Crippen LogP contribution in [0.2, 0.25) is 10.0 Å². The molecular formula is C21H13Cl2FN4O3. The Morgan fingerprint density at radius 1 is 1.23 bits per heavy atom. The molecule has 1 aliphatic carbocycles. The summed E-state index contributed by atoms with van der Waals surface area (Å²) >= 11 is 11.7. The molecule has 2 unspecified atom stereocenters. The van der Waals surface area contributed by atoms with E-state index in [1.54, 1.807) is 6.07 Å². The lowest BCUT2D eigenvalue weighted by Crippen LogP contribution is -2.01. The molecule has 1 aromatic heterocycles. The lowest BCUT2D eigenvalue weighted by molar-refractivity contribution is -0.385. The van der Waals surface area contributed by atoms with Crippen LogP contribution in [0.3, 0.4) is 0 Å². The second-order valence-corrected chi connectivity index (χ2v) is 8.16. The van der Waals surface area contributed by atoms with Crippen molar-refractivity contribution in [2.24, 2.45) is 17.8 Å². The molecule has 2 fully saturated rings. The van der Waals surface area contributed by atoms with Crippen LogP contribution in [0.15, 0.2) is 30.6 Å². The lowest BCUT2D eigenvalue weighted by Gasteiger charge is -2.11. The highest BCUT2D eigenvalue weighted by molar-refractivity contribution is 6.42. The highest BCUT2D eigenvalue weighted by Crippen LogP contribution is 2.50. The van der Waals surface area contributed by atoms with Gasteiger partial charge < -0.3 is 10.1 Å². The molecule has 0 bridgehead atoms. The third kappa shape index (κ3) is 3.55. The first kappa shape index (κ1) is 19.9. The van der Waals surface area contributed by atoms with Gasteiger partial charge in [0.25, 0.3) is 5.69 Å². The van der Waals surface area contributed by atoms with E-state index in [4.69, 9.17) is 27.9 Å². The van der Waals surface area contributed by atoms with Crippen LogP contribution in [0.1, 0.15) is 5.56 Å². The molecular weight excluding hydrogens is 446 g/mol. The summed E-state index contributed by atoms with van der Waals surface area (Å²) < 4.78 is 19.8. The number of hydrogen-bond donors (Lipinski definition) is 1. The maximum absolute atomic E-state index is 14.4. The van der Waals surface area contributed by atoms with E-state index in [0.717, 1.165) is 0 Å². The van der Waals surface area contributed by atoms with E-state index in [1.807, 2.05) is 0 Å². The summed E-state index contributed by atoms with van der Waals surface area (Å²) in [6.07, 6.45) is 1.28. The first-order valence-electron chi connectivity index (χ1n) is 9.37. The molecule has 156 valence electrons. The average Bonchev–Trinajstić information content (AvgIpc) is 3.18. The second kappa shape index (κ2) is 7.61. The summed E-state index contributed by atoms with van der Waals surface area (Å²) in [7, 11) is 0. The molecule has 0 amide bonds. The van der Waals surface area contributed by atoms with Gasteiger partial charge in [0, 0.05) is 29.2 Å². The molecule has 31 heavy (non-hydrogen) atoms. The lowest BCUT2D eigenvalue weighted by atomic mass is 10.1. The summed E-state index contributed by atoms with van der Waals surface area (Å²) in [4.78, 5) is 19.5. The Bertz CT molecular complexity index is 1300. The van der Waals surface area contributed by atoms with Crippen molar-refractivity contribution >= 4 is 51.3 Å². The van der Waals surface area contributed by atoms with Gasteiger partial charge in [0.2, 0.25) is 0 Å². The molecule has 1 saturated heterocycles. The minimum Gasteiger partial charge on any atom is -0.381 e. The predicted octanol–water partition coefficient (Wildman–Crippen LogP) is 4.97. The van der Waals surface area contributed by atoms with Crippen LogP contribution in [-0.2, 0) is 4.74 Å². The van der Waals surface area contributed by atoms with Crippen LogP contribution in [0.25, 0.3) is 10.9 Å². The number of anilines is 2. The van der Waals surface area contributed by atoms with Crippen LogP contribution in [-0.4, -0.2) is 28.1 Å². The van der Waals surface area contributed by atoms with Gasteiger partial charge >= 0.3 is 0 Å². The van der Waals surface area contributed by atoms with Crippen molar-refractivity contribution in [1.82, 2.24) is 9.97 Å². The number of fused-ring (bicyclic) bond motifs is 2. The molecule has 2 heterocycles. The smallest absolute Gasteiger partial charge is 0.285 e. The topological polar surface area (TPSA) is 90.2 Å². The molecule has 1 aliphatic heterocycles. The van der Waals surface area contributed by atoms with E-state index in [2.05, 4.69) is 27.1 Å². The molecule has 1 saturated carbocycles. The van der Waals surface area contributed by atoms with Crippen LogP contribution in [0.4, 0.5) is 21.6 Å². The van der Waals surface area contributed by atoms with Crippen LogP contribution < -0.4 is 5.32 Å². The molecule has 10 heteroatoms. The Morgan fingerprint density at radius 3 is 2.74 bits per heavy atom. The molecule has 2 atom stereocenters. The SMILES string of the molecule is O=[N+]([O-])c1cc2c(Nc3ccc(Cl)c(Cl)c3F)ncnc2cc1C#CC1C2COCC12. The zero-order chi connectivity index (χ0) is 21.7. The van der Waals surface area contributed by atoms with Gasteiger partial charge in [-0.15, -0.1) is 0 Å². The largest absolute Gasteiger partial charge is 0.381 e. The van der Waals surface area contributed by atoms with Gasteiger partial charge in [-0.25, -0.2) is 14.4 Å². The molecule has 2 aromatic carbocycles. The van der Waals surface area contributed by atoms with E-state index in [0.29, 0.717) is 36.0 Å². The molecule has 3 aromatic rings. The number of hydrogen-bond acceptors (Lipinski definition) is 6. The summed E-state index contributed by atoms with van der Waals surface area (Å²) in [6, 6.07) is 5.73. The maximum Gasteiger partial charge on any atom is 0.285 e. The van der Waals surface area contributed by atoms with Gasteiger partial charge in [0.1, 0.15) is 17.7 Å². The van der Waals surface area contributed by atoms with Gasteiger partial charge in [-0.1, -0.05) is 35.0 Å². The Balaban J connectivity index is 1.54. The van der Waals surface area contributed by atoms with Crippen LogP contribution in [0.5, 0.6) is 0 Å². The van der Waals surface area contributed by atoms with E-state index < -0.39 is 10.7 Å². The van der Waals surface area contributed by atoms with Gasteiger partial charge in [-0.3, -0.25) is 10.1 Å². The molecule has 0 radical (unpaired) electrons. The zero-order valence-corrected chi connectivity index (χ0v) is 17.2. The van der Waals surface area contributed by atoms with Crippen molar-refractivity contribution in [2.45, 2.75) is 0 Å². The van der Waals surface area contributed by atoms with Gasteiger partial charge in [-0.05, 0) is 18.2 Å². The quantitative estimate of drug-likeness (QED) is 0.258. The summed E-state index contributed by atoms with van der Waals surface area (Å²) in [5.74, 6) is 6.58. The maximum atomic E-state index is 14.4. The number of nitrogens with zero attached hydrogens (tertiary/aromatic N) is 3. The average molecular weight is 459 g/mol. The number of benzene rings is 2.